The number of hydrogen-bond donors (Lipinski definition) is 2. The number of aromatic hydroxyl groups is 1. The van der Waals surface area contributed by atoms with Gasteiger partial charge in [-0.2, -0.15) is 4.62 Å². The summed E-state index contributed by atoms with van der Waals surface area (Å²) in [5.41, 5.74) is 4.95. The largest absolute Gasteiger partial charge is 0.507 e. The SMILES string of the molecule is Cc1cccnc1NOP(=O)(Oc1cc(C)c(O)c(C)c1)C(C)(C(C)C)C(C)C. The van der Waals surface area contributed by atoms with E-state index in [0.29, 0.717) is 22.7 Å². The number of rotatable bonds is 8. The molecule has 7 heteroatoms. The van der Waals surface area contributed by atoms with Crippen molar-refractivity contribution in [3.63, 3.8) is 0 Å². The molecule has 6 nitrogen and oxygen atoms in total. The summed E-state index contributed by atoms with van der Waals surface area (Å²) in [5, 5.41) is 9.30. The van der Waals surface area contributed by atoms with Crippen LogP contribution in [0.15, 0.2) is 30.5 Å². The molecule has 0 spiro atoms. The van der Waals surface area contributed by atoms with Gasteiger partial charge in [0.15, 0.2) is 5.82 Å². The molecule has 0 aliphatic carbocycles. The lowest BCUT2D eigenvalue weighted by Gasteiger charge is -2.41. The second-order valence-electron chi connectivity index (χ2n) is 8.39. The molecule has 2 N–H and O–H groups in total. The topological polar surface area (TPSA) is 80.7 Å². The minimum atomic E-state index is -3.75. The fourth-order valence-corrected chi connectivity index (χ4v) is 5.60. The summed E-state index contributed by atoms with van der Waals surface area (Å²) in [6, 6.07) is 7.06. The molecule has 0 fully saturated rings. The van der Waals surface area contributed by atoms with E-state index in [9.17, 15) is 9.67 Å². The normalized spacial score (nSPS) is 14.1. The highest BCUT2D eigenvalue weighted by Crippen LogP contribution is 2.65. The summed E-state index contributed by atoms with van der Waals surface area (Å²) in [6.07, 6.45) is 1.64. The minimum absolute atomic E-state index is 0.0132. The molecule has 0 bridgehead atoms. The van der Waals surface area contributed by atoms with E-state index in [1.165, 1.54) is 0 Å². The van der Waals surface area contributed by atoms with Crippen LogP contribution >= 0.6 is 7.60 Å². The standard InChI is InChI=1S/C22H33N2O4P/c1-14(2)22(8,15(3)4)29(26,28-24-21-16(5)10-9-11-23-21)27-19-12-17(6)20(25)18(7)13-19/h9-15,25H,1-8H3,(H,23,24). The van der Waals surface area contributed by atoms with Crippen LogP contribution in [0.25, 0.3) is 0 Å². The predicted molar refractivity (Wildman–Crippen MR) is 118 cm³/mol. The van der Waals surface area contributed by atoms with E-state index >= 15 is 0 Å². The Morgan fingerprint density at radius 1 is 1.07 bits per heavy atom. The van der Waals surface area contributed by atoms with Crippen molar-refractivity contribution in [2.75, 3.05) is 5.48 Å². The van der Waals surface area contributed by atoms with Gasteiger partial charge in [0.05, 0.1) is 5.16 Å². The zero-order chi connectivity index (χ0) is 22.0. The number of anilines is 1. The summed E-state index contributed by atoms with van der Waals surface area (Å²) in [5.74, 6) is 1.11. The first-order valence-corrected chi connectivity index (χ1v) is 11.4. The van der Waals surface area contributed by atoms with Crippen LogP contribution in [0.3, 0.4) is 0 Å². The number of nitrogens with one attached hydrogen (secondary N) is 1. The van der Waals surface area contributed by atoms with Gasteiger partial charge in [0.2, 0.25) is 0 Å². The van der Waals surface area contributed by atoms with Crippen LogP contribution in [0.2, 0.25) is 0 Å². The van der Waals surface area contributed by atoms with Crippen molar-refractivity contribution >= 4 is 13.4 Å². The second kappa shape index (κ2) is 8.76. The predicted octanol–water partition coefficient (Wildman–Crippen LogP) is 6.40. The van der Waals surface area contributed by atoms with Gasteiger partial charge in [-0.3, -0.25) is 0 Å². The van der Waals surface area contributed by atoms with Crippen LogP contribution in [-0.2, 0) is 9.19 Å². The van der Waals surface area contributed by atoms with Crippen molar-refractivity contribution in [3.8, 4) is 11.5 Å². The number of phenols is 1. The number of benzene rings is 1. The Morgan fingerprint density at radius 3 is 2.10 bits per heavy atom. The third-order valence-corrected chi connectivity index (χ3v) is 8.89. The van der Waals surface area contributed by atoms with Gasteiger partial charge < -0.3 is 9.63 Å². The molecule has 1 unspecified atom stereocenters. The Kier molecular flexibility index (Phi) is 7.02. The van der Waals surface area contributed by atoms with Crippen molar-refractivity contribution in [2.45, 2.75) is 60.5 Å². The molecule has 1 aromatic carbocycles. The molecule has 29 heavy (non-hydrogen) atoms. The Hall–Kier alpha value is -2.04. The summed E-state index contributed by atoms with van der Waals surface area (Å²) in [6.45, 7) is 15.4. The summed E-state index contributed by atoms with van der Waals surface area (Å²) in [4.78, 5) is 4.25. The number of aryl methyl sites for hydroxylation is 3. The van der Waals surface area contributed by atoms with E-state index in [-0.39, 0.29) is 17.6 Å². The molecule has 2 rings (SSSR count). The summed E-state index contributed by atoms with van der Waals surface area (Å²) >= 11 is 0. The molecule has 0 saturated heterocycles. The fourth-order valence-electron chi connectivity index (χ4n) is 3.32. The van der Waals surface area contributed by atoms with Gasteiger partial charge in [-0.15, -0.1) is 0 Å². The van der Waals surface area contributed by atoms with Crippen LogP contribution in [0.1, 0.15) is 51.3 Å². The fraction of sp³-hybridized carbons (Fsp3) is 0.500. The van der Waals surface area contributed by atoms with E-state index in [0.717, 1.165) is 5.56 Å². The smallest absolute Gasteiger partial charge is 0.406 e. The summed E-state index contributed by atoms with van der Waals surface area (Å²) < 4.78 is 26.2. The van der Waals surface area contributed by atoms with E-state index in [2.05, 4.69) is 10.5 Å². The minimum Gasteiger partial charge on any atom is -0.507 e. The maximum Gasteiger partial charge on any atom is 0.406 e. The number of hydrogen-bond acceptors (Lipinski definition) is 6. The van der Waals surface area contributed by atoms with E-state index in [4.69, 9.17) is 9.15 Å². The van der Waals surface area contributed by atoms with Gasteiger partial charge in [-0.25, -0.2) is 15.0 Å². The Labute approximate surface area is 174 Å². The average molecular weight is 420 g/mol. The molecule has 1 aromatic heterocycles. The van der Waals surface area contributed by atoms with Crippen LogP contribution in [0.4, 0.5) is 5.82 Å². The molecule has 0 amide bonds. The third-order valence-electron chi connectivity index (χ3n) is 5.89. The first-order chi connectivity index (χ1) is 13.4. The zero-order valence-corrected chi connectivity index (χ0v) is 19.5. The first kappa shape index (κ1) is 23.2. The molecule has 1 heterocycles. The maximum atomic E-state index is 14.3. The second-order valence-corrected chi connectivity index (χ2v) is 10.7. The molecule has 0 saturated carbocycles. The van der Waals surface area contributed by atoms with Crippen LogP contribution in [0.5, 0.6) is 11.5 Å². The number of pyridine rings is 1. The number of phenolic OH excluding ortho intramolecular Hbond substituents is 1. The zero-order valence-electron chi connectivity index (χ0n) is 18.6. The molecular weight excluding hydrogens is 387 g/mol. The monoisotopic (exact) mass is 420 g/mol. The quantitative estimate of drug-likeness (QED) is 0.380. The Balaban J connectivity index is 2.50. The van der Waals surface area contributed by atoms with Crippen molar-refractivity contribution in [1.29, 1.82) is 0 Å². The lowest BCUT2D eigenvalue weighted by atomic mass is 9.86. The Bertz CT molecular complexity index is 880. The highest BCUT2D eigenvalue weighted by Gasteiger charge is 2.54. The van der Waals surface area contributed by atoms with E-state index in [1.807, 2.05) is 53.7 Å². The lowest BCUT2D eigenvalue weighted by Crippen LogP contribution is -2.40. The molecule has 0 aliphatic heterocycles. The van der Waals surface area contributed by atoms with Gasteiger partial charge in [0.1, 0.15) is 11.5 Å². The van der Waals surface area contributed by atoms with Crippen molar-refractivity contribution in [3.05, 3.63) is 47.2 Å². The number of nitrogens with zero attached hydrogens (tertiary/aromatic N) is 1. The molecule has 0 radical (unpaired) electrons. The van der Waals surface area contributed by atoms with Gasteiger partial charge in [0.25, 0.3) is 0 Å². The van der Waals surface area contributed by atoms with Crippen LogP contribution in [0, 0.1) is 32.6 Å². The number of aromatic nitrogens is 1. The average Bonchev–Trinajstić information content (AvgIpc) is 2.64. The lowest BCUT2D eigenvalue weighted by molar-refractivity contribution is 0.230. The van der Waals surface area contributed by atoms with Crippen molar-refractivity contribution in [2.24, 2.45) is 11.8 Å². The third kappa shape index (κ3) is 4.59. The molecule has 1 atom stereocenters. The maximum absolute atomic E-state index is 14.3. The van der Waals surface area contributed by atoms with Gasteiger partial charge >= 0.3 is 7.60 Å². The molecule has 160 valence electrons. The molecule has 0 aliphatic rings. The Morgan fingerprint density at radius 2 is 1.62 bits per heavy atom. The molecular formula is C22H33N2O4P. The van der Waals surface area contributed by atoms with Gasteiger partial charge in [0, 0.05) is 6.20 Å². The van der Waals surface area contributed by atoms with Crippen LogP contribution < -0.4 is 10.0 Å². The van der Waals surface area contributed by atoms with Crippen molar-refractivity contribution < 1.29 is 18.8 Å². The van der Waals surface area contributed by atoms with Gasteiger partial charge in [-0.1, -0.05) is 33.8 Å². The van der Waals surface area contributed by atoms with Gasteiger partial charge in [-0.05, 0) is 74.4 Å². The highest BCUT2D eigenvalue weighted by atomic mass is 31.2. The van der Waals surface area contributed by atoms with Crippen molar-refractivity contribution in [1.82, 2.24) is 4.98 Å². The summed E-state index contributed by atoms with van der Waals surface area (Å²) in [7, 11) is -3.75. The highest BCUT2D eigenvalue weighted by molar-refractivity contribution is 7.56. The molecule has 2 aromatic rings. The van der Waals surface area contributed by atoms with E-state index in [1.54, 1.807) is 32.2 Å². The van der Waals surface area contributed by atoms with Crippen LogP contribution in [-0.4, -0.2) is 15.2 Å². The van der Waals surface area contributed by atoms with E-state index < -0.39 is 12.8 Å². The first-order valence-electron chi connectivity index (χ1n) is 9.88.